The van der Waals surface area contributed by atoms with Crippen molar-refractivity contribution >= 4 is 11.9 Å². The Morgan fingerprint density at radius 3 is 2.26 bits per heavy atom. The Kier molecular flexibility index (Phi) is 8.11. The molecule has 1 N–H and O–H groups in total. The Bertz CT molecular complexity index is 500. The maximum atomic E-state index is 11.9. The number of hydrogen-bond acceptors (Lipinski definition) is 6. The number of carbonyl (C=O) groups is 2. The Balaban J connectivity index is 2.74. The van der Waals surface area contributed by atoms with Gasteiger partial charge in [0.05, 0.1) is 20.3 Å². The second-order valence-electron chi connectivity index (χ2n) is 5.00. The highest BCUT2D eigenvalue weighted by Crippen LogP contribution is 2.14. The second-order valence-corrected chi connectivity index (χ2v) is 5.00. The first-order valence-electron chi connectivity index (χ1n) is 7.74. The van der Waals surface area contributed by atoms with Crippen LogP contribution in [0.1, 0.15) is 26.3 Å². The van der Waals surface area contributed by atoms with Gasteiger partial charge in [-0.15, -0.1) is 0 Å². The standard InChI is InChI=1S/C17H25NO5/c1-5-22-14-9-7-13(8-10-14)11-15(17(20)21-4)18-12(3)16(19)23-6-2/h7-10,12,15,18H,5-6,11H2,1-4H3/t12-,15-/m1/s1. The maximum Gasteiger partial charge on any atom is 0.323 e. The summed E-state index contributed by atoms with van der Waals surface area (Å²) in [6, 6.07) is 6.25. The van der Waals surface area contributed by atoms with E-state index in [0.717, 1.165) is 11.3 Å². The number of benzene rings is 1. The Hall–Kier alpha value is -2.08. The zero-order valence-electron chi connectivity index (χ0n) is 14.1. The first kappa shape index (κ1) is 19.0. The van der Waals surface area contributed by atoms with Gasteiger partial charge < -0.3 is 14.2 Å². The van der Waals surface area contributed by atoms with Gasteiger partial charge in [-0.3, -0.25) is 14.9 Å². The van der Waals surface area contributed by atoms with E-state index in [4.69, 9.17) is 14.2 Å². The van der Waals surface area contributed by atoms with Crippen LogP contribution in [0.15, 0.2) is 24.3 Å². The molecule has 0 unspecified atom stereocenters. The number of hydrogen-bond donors (Lipinski definition) is 1. The Labute approximate surface area is 137 Å². The zero-order chi connectivity index (χ0) is 17.2. The van der Waals surface area contributed by atoms with E-state index < -0.39 is 24.0 Å². The third-order valence-corrected chi connectivity index (χ3v) is 3.25. The fraction of sp³-hybridized carbons (Fsp3) is 0.529. The minimum atomic E-state index is -0.627. The van der Waals surface area contributed by atoms with Crippen molar-refractivity contribution in [3.63, 3.8) is 0 Å². The third kappa shape index (κ3) is 6.28. The van der Waals surface area contributed by atoms with Gasteiger partial charge in [-0.1, -0.05) is 12.1 Å². The molecular formula is C17H25NO5. The second kappa shape index (κ2) is 9.84. The molecule has 0 aliphatic carbocycles. The molecule has 128 valence electrons. The van der Waals surface area contributed by atoms with Crippen LogP contribution in [0.4, 0.5) is 0 Å². The summed E-state index contributed by atoms with van der Waals surface area (Å²) in [7, 11) is 1.32. The van der Waals surface area contributed by atoms with Crippen LogP contribution in [0, 0.1) is 0 Å². The summed E-state index contributed by atoms with van der Waals surface area (Å²) in [6.07, 6.45) is 0.406. The van der Waals surface area contributed by atoms with Gasteiger partial charge in [0.25, 0.3) is 0 Å². The molecule has 0 aromatic heterocycles. The van der Waals surface area contributed by atoms with Crippen LogP contribution in [0.3, 0.4) is 0 Å². The fourth-order valence-electron chi connectivity index (χ4n) is 2.11. The lowest BCUT2D eigenvalue weighted by molar-refractivity contribution is -0.147. The molecule has 0 saturated carbocycles. The van der Waals surface area contributed by atoms with E-state index in [9.17, 15) is 9.59 Å². The molecule has 0 heterocycles. The van der Waals surface area contributed by atoms with Gasteiger partial charge in [-0.2, -0.15) is 0 Å². The highest BCUT2D eigenvalue weighted by molar-refractivity contribution is 5.79. The minimum absolute atomic E-state index is 0.298. The van der Waals surface area contributed by atoms with E-state index in [1.807, 2.05) is 31.2 Å². The average molecular weight is 323 g/mol. The van der Waals surface area contributed by atoms with E-state index >= 15 is 0 Å². The van der Waals surface area contributed by atoms with Gasteiger partial charge in [0.15, 0.2) is 0 Å². The summed E-state index contributed by atoms with van der Waals surface area (Å²) in [5.41, 5.74) is 0.937. The molecule has 1 aromatic carbocycles. The minimum Gasteiger partial charge on any atom is -0.494 e. The molecule has 0 saturated heterocycles. The van der Waals surface area contributed by atoms with Crippen LogP contribution in [0.25, 0.3) is 0 Å². The average Bonchev–Trinajstić information content (AvgIpc) is 2.55. The summed E-state index contributed by atoms with van der Waals surface area (Å²) >= 11 is 0. The van der Waals surface area contributed by atoms with E-state index in [2.05, 4.69) is 5.32 Å². The summed E-state index contributed by atoms with van der Waals surface area (Å²) in [4.78, 5) is 23.6. The molecule has 6 heteroatoms. The van der Waals surface area contributed by atoms with Crippen LogP contribution in [0.5, 0.6) is 5.75 Å². The lowest BCUT2D eigenvalue weighted by atomic mass is 10.0. The molecule has 23 heavy (non-hydrogen) atoms. The molecule has 0 amide bonds. The maximum absolute atomic E-state index is 11.9. The molecule has 0 aliphatic rings. The van der Waals surface area contributed by atoms with Crippen molar-refractivity contribution in [3.05, 3.63) is 29.8 Å². The molecule has 6 nitrogen and oxygen atoms in total. The molecule has 1 rings (SSSR count). The monoisotopic (exact) mass is 323 g/mol. The predicted octanol–water partition coefficient (Wildman–Crippen LogP) is 1.71. The highest BCUT2D eigenvalue weighted by Gasteiger charge is 2.25. The molecule has 0 bridgehead atoms. The van der Waals surface area contributed by atoms with Gasteiger partial charge in [0.2, 0.25) is 0 Å². The van der Waals surface area contributed by atoms with Crippen molar-refractivity contribution in [2.24, 2.45) is 0 Å². The van der Waals surface area contributed by atoms with Crippen molar-refractivity contribution < 1.29 is 23.8 Å². The smallest absolute Gasteiger partial charge is 0.323 e. The van der Waals surface area contributed by atoms with Gasteiger partial charge in [0, 0.05) is 0 Å². The largest absolute Gasteiger partial charge is 0.494 e. The lowest BCUT2D eigenvalue weighted by Gasteiger charge is -2.20. The Morgan fingerprint density at radius 1 is 1.09 bits per heavy atom. The zero-order valence-corrected chi connectivity index (χ0v) is 14.1. The predicted molar refractivity (Wildman–Crippen MR) is 86.3 cm³/mol. The van der Waals surface area contributed by atoms with Crippen LogP contribution in [-0.4, -0.2) is 44.3 Å². The Morgan fingerprint density at radius 2 is 1.74 bits per heavy atom. The molecule has 2 atom stereocenters. The number of rotatable bonds is 9. The first-order valence-corrected chi connectivity index (χ1v) is 7.74. The SMILES string of the molecule is CCOC(=O)[C@@H](C)N[C@H](Cc1ccc(OCC)cc1)C(=O)OC. The van der Waals surface area contributed by atoms with Gasteiger partial charge in [-0.05, 0) is 44.9 Å². The van der Waals surface area contributed by atoms with Crippen molar-refractivity contribution in [2.45, 2.75) is 39.3 Å². The molecular weight excluding hydrogens is 298 g/mol. The number of ether oxygens (including phenoxy) is 3. The van der Waals surface area contributed by atoms with Crippen LogP contribution >= 0.6 is 0 Å². The van der Waals surface area contributed by atoms with Gasteiger partial charge >= 0.3 is 11.9 Å². The normalized spacial score (nSPS) is 13.0. The van der Waals surface area contributed by atoms with E-state index in [0.29, 0.717) is 19.6 Å². The van der Waals surface area contributed by atoms with Crippen molar-refractivity contribution in [1.29, 1.82) is 0 Å². The topological polar surface area (TPSA) is 73.9 Å². The van der Waals surface area contributed by atoms with Gasteiger partial charge in [-0.25, -0.2) is 0 Å². The first-order chi connectivity index (χ1) is 11.0. The number of carbonyl (C=O) groups excluding carboxylic acids is 2. The molecule has 0 aliphatic heterocycles. The quantitative estimate of drug-likeness (QED) is 0.698. The van der Waals surface area contributed by atoms with Crippen molar-refractivity contribution in [1.82, 2.24) is 5.32 Å². The summed E-state index contributed by atoms with van der Waals surface area (Å²) < 4.78 is 15.1. The third-order valence-electron chi connectivity index (χ3n) is 3.25. The number of nitrogens with one attached hydrogen (secondary N) is 1. The van der Waals surface area contributed by atoms with Crippen LogP contribution < -0.4 is 10.1 Å². The summed E-state index contributed by atoms with van der Waals surface area (Å²) in [5, 5.41) is 2.96. The number of methoxy groups -OCH3 is 1. The summed E-state index contributed by atoms with van der Waals surface area (Å²) in [6.45, 7) is 6.21. The van der Waals surface area contributed by atoms with E-state index in [-0.39, 0.29) is 0 Å². The van der Waals surface area contributed by atoms with Crippen LogP contribution in [-0.2, 0) is 25.5 Å². The lowest BCUT2D eigenvalue weighted by Crippen LogP contribution is -2.47. The van der Waals surface area contributed by atoms with E-state index in [1.165, 1.54) is 7.11 Å². The fourth-order valence-corrected chi connectivity index (χ4v) is 2.11. The van der Waals surface area contributed by atoms with Crippen molar-refractivity contribution in [3.8, 4) is 5.75 Å². The number of esters is 2. The highest BCUT2D eigenvalue weighted by atomic mass is 16.5. The summed E-state index contributed by atoms with van der Waals surface area (Å²) in [5.74, 6) is -0.0400. The molecule has 0 spiro atoms. The van der Waals surface area contributed by atoms with Crippen LogP contribution in [0.2, 0.25) is 0 Å². The van der Waals surface area contributed by atoms with E-state index in [1.54, 1.807) is 13.8 Å². The van der Waals surface area contributed by atoms with Gasteiger partial charge in [0.1, 0.15) is 17.8 Å². The van der Waals surface area contributed by atoms with Crippen molar-refractivity contribution in [2.75, 3.05) is 20.3 Å². The molecule has 1 aromatic rings. The molecule has 0 radical (unpaired) electrons. The molecule has 0 fully saturated rings.